The van der Waals surface area contributed by atoms with Crippen molar-refractivity contribution < 1.29 is 28.1 Å². The summed E-state index contributed by atoms with van der Waals surface area (Å²) in [5.41, 5.74) is 1.45. The van der Waals surface area contributed by atoms with Crippen LogP contribution in [0.4, 0.5) is 20.7 Å². The quantitative estimate of drug-likeness (QED) is 0.0936. The van der Waals surface area contributed by atoms with Gasteiger partial charge in [0.15, 0.2) is 23.1 Å². The molecule has 12 nitrogen and oxygen atoms in total. The molecule has 1 aliphatic heterocycles. The van der Waals surface area contributed by atoms with E-state index in [2.05, 4.69) is 35.5 Å². The van der Waals surface area contributed by atoms with Crippen LogP contribution in [0.3, 0.4) is 0 Å². The molecule has 0 unspecified atom stereocenters. The molecule has 1 fully saturated rings. The van der Waals surface area contributed by atoms with E-state index < -0.39 is 11.8 Å². The van der Waals surface area contributed by atoms with Gasteiger partial charge in [0, 0.05) is 66.2 Å². The van der Waals surface area contributed by atoms with Crippen LogP contribution >= 0.6 is 11.6 Å². The van der Waals surface area contributed by atoms with Gasteiger partial charge in [-0.25, -0.2) is 19.2 Å². The minimum Gasteiger partial charge on any atom is -0.493 e. The largest absolute Gasteiger partial charge is 0.493 e. The number of nitrogens with one attached hydrogen (secondary N) is 3. The van der Waals surface area contributed by atoms with Crippen molar-refractivity contribution in [2.75, 3.05) is 57.2 Å². The van der Waals surface area contributed by atoms with E-state index in [-0.39, 0.29) is 22.0 Å². The van der Waals surface area contributed by atoms with Gasteiger partial charge in [-0.3, -0.25) is 15.2 Å². The number of H-pyrrole nitrogens is 1. The number of nitrogens with zero attached hydrogens (tertiary/aromatic N) is 4. The van der Waals surface area contributed by atoms with Gasteiger partial charge in [-0.2, -0.15) is 0 Å². The molecule has 5 aromatic rings. The number of halogens is 2. The zero-order chi connectivity index (χ0) is 35.3. The van der Waals surface area contributed by atoms with Gasteiger partial charge in [0.25, 0.3) is 0 Å². The highest BCUT2D eigenvalue weighted by Crippen LogP contribution is 2.38. The number of imidazole rings is 1. The number of hydrogen-bond donors (Lipinski definition) is 3. The lowest BCUT2D eigenvalue weighted by Gasteiger charge is -2.26. The highest BCUT2D eigenvalue weighted by atomic mass is 35.5. The number of aromatic amines is 1. The summed E-state index contributed by atoms with van der Waals surface area (Å²) in [4.78, 5) is 31.9. The van der Waals surface area contributed by atoms with E-state index in [9.17, 15) is 4.79 Å². The third-order valence-electron chi connectivity index (χ3n) is 8.04. The first-order chi connectivity index (χ1) is 24.1. The molecule has 1 saturated heterocycles. The van der Waals surface area contributed by atoms with Crippen LogP contribution in [0.15, 0.2) is 60.9 Å². The number of urea groups is 1. The molecule has 2 amide bonds. The third kappa shape index (κ3) is 8.24. The number of benzene rings is 2. The number of amides is 2. The maximum Gasteiger partial charge on any atom is 0.324 e. The molecule has 262 valence electrons. The second kappa shape index (κ2) is 15.3. The lowest BCUT2D eigenvalue weighted by atomic mass is 9.96. The summed E-state index contributed by atoms with van der Waals surface area (Å²) in [6, 6.07) is 12.2. The molecule has 3 aromatic heterocycles. The lowest BCUT2D eigenvalue weighted by molar-refractivity contribution is 0.0357. The summed E-state index contributed by atoms with van der Waals surface area (Å²) in [5, 5.41) is 6.29. The molecular weight excluding hydrogens is 665 g/mol. The Labute approximate surface area is 294 Å². The van der Waals surface area contributed by atoms with Crippen LogP contribution in [0.25, 0.3) is 22.2 Å². The maximum atomic E-state index is 15.4. The number of fused-ring (bicyclic) bond motifs is 1. The number of methoxy groups -OCH3 is 1. The molecule has 4 heterocycles. The van der Waals surface area contributed by atoms with Crippen LogP contribution < -0.4 is 24.8 Å². The van der Waals surface area contributed by atoms with Crippen molar-refractivity contribution in [2.45, 2.75) is 32.6 Å². The number of ether oxygens (including phenoxy) is 4. The molecular formula is C36H39ClFN7O5. The van der Waals surface area contributed by atoms with Crippen molar-refractivity contribution in [3.8, 4) is 34.3 Å². The van der Waals surface area contributed by atoms with Gasteiger partial charge < -0.3 is 29.2 Å². The Kier molecular flexibility index (Phi) is 10.7. The Morgan fingerprint density at radius 3 is 2.58 bits per heavy atom. The predicted octanol–water partition coefficient (Wildman–Crippen LogP) is 7.66. The molecule has 1 aliphatic rings. The average molecular weight is 704 g/mol. The highest BCUT2D eigenvalue weighted by molar-refractivity contribution is 6.32. The van der Waals surface area contributed by atoms with E-state index in [0.717, 1.165) is 39.3 Å². The van der Waals surface area contributed by atoms with Crippen LogP contribution in [0.2, 0.25) is 5.15 Å². The SMILES string of the molecule is COc1cc2c(Oc3ccc(NC(=O)Nc4[nH]c(C(C)(C)C)nc4-c4cccnc4Cl)cc3F)ccnc2cc1OCCCN1CCOCC1. The van der Waals surface area contributed by atoms with Crippen LogP contribution in [-0.4, -0.2) is 77.4 Å². The van der Waals surface area contributed by atoms with Gasteiger partial charge in [-0.15, -0.1) is 0 Å². The number of pyridine rings is 2. The van der Waals surface area contributed by atoms with Crippen LogP contribution in [0.5, 0.6) is 23.0 Å². The standard InChI is InChI=1S/C36H39ClFN7O5/c1-36(2,3)34-42-31(23-7-5-11-40-32(23)37)33(43-34)44-35(46)41-22-8-9-28(25(38)19-22)50-27-10-12-39-26-21-30(29(47-4)20-24(26)27)49-16-6-13-45-14-17-48-18-15-45/h5,7-12,19-21H,6,13-18H2,1-4H3,(H,42,43)(H2,41,44,46). The predicted molar refractivity (Wildman–Crippen MR) is 190 cm³/mol. The normalized spacial score (nSPS) is 13.6. The molecule has 50 heavy (non-hydrogen) atoms. The molecule has 2 aromatic carbocycles. The van der Waals surface area contributed by atoms with Gasteiger partial charge in [0.1, 0.15) is 28.2 Å². The van der Waals surface area contributed by atoms with Gasteiger partial charge in [-0.1, -0.05) is 32.4 Å². The molecule has 14 heteroatoms. The van der Waals surface area contributed by atoms with E-state index in [1.807, 2.05) is 20.8 Å². The Morgan fingerprint density at radius 2 is 1.84 bits per heavy atom. The maximum absolute atomic E-state index is 15.4. The lowest BCUT2D eigenvalue weighted by Crippen LogP contribution is -2.37. The van der Waals surface area contributed by atoms with Gasteiger partial charge in [0.2, 0.25) is 0 Å². The van der Waals surface area contributed by atoms with Gasteiger partial charge >= 0.3 is 6.03 Å². The van der Waals surface area contributed by atoms with E-state index >= 15 is 4.39 Å². The fourth-order valence-electron chi connectivity index (χ4n) is 5.42. The number of hydrogen-bond acceptors (Lipinski definition) is 9. The first kappa shape index (κ1) is 34.9. The zero-order valence-corrected chi connectivity index (χ0v) is 29.1. The van der Waals surface area contributed by atoms with E-state index in [1.54, 1.807) is 49.8 Å². The number of anilines is 2. The monoisotopic (exact) mass is 703 g/mol. The van der Waals surface area contributed by atoms with E-state index in [4.69, 9.17) is 30.5 Å². The third-order valence-corrected chi connectivity index (χ3v) is 8.34. The van der Waals surface area contributed by atoms with Crippen LogP contribution in [-0.2, 0) is 10.2 Å². The van der Waals surface area contributed by atoms with E-state index in [1.165, 1.54) is 18.2 Å². The molecule has 0 saturated carbocycles. The Balaban J connectivity index is 1.13. The van der Waals surface area contributed by atoms with Gasteiger partial charge in [-0.05, 0) is 42.8 Å². The van der Waals surface area contributed by atoms with Crippen LogP contribution in [0, 0.1) is 5.82 Å². The molecule has 3 N–H and O–H groups in total. The second-order valence-electron chi connectivity index (χ2n) is 12.7. The minimum atomic E-state index is -0.681. The van der Waals surface area contributed by atoms with E-state index in [0.29, 0.717) is 57.7 Å². The molecule has 0 atom stereocenters. The summed E-state index contributed by atoms with van der Waals surface area (Å²) in [5.74, 6) is 1.69. The molecule has 0 radical (unpaired) electrons. The van der Waals surface area contributed by atoms with Crippen molar-refractivity contribution in [3.05, 3.63) is 77.7 Å². The fraction of sp³-hybridized carbons (Fsp3) is 0.333. The first-order valence-corrected chi connectivity index (χ1v) is 16.6. The summed E-state index contributed by atoms with van der Waals surface area (Å²) in [6.45, 7) is 10.8. The van der Waals surface area contributed by atoms with Gasteiger partial charge in [0.05, 0.1) is 32.4 Å². The van der Waals surface area contributed by atoms with Crippen molar-refractivity contribution in [3.63, 3.8) is 0 Å². The summed E-state index contributed by atoms with van der Waals surface area (Å²) in [7, 11) is 1.56. The van der Waals surface area contributed by atoms with Crippen molar-refractivity contribution in [2.24, 2.45) is 0 Å². The highest BCUT2D eigenvalue weighted by Gasteiger charge is 2.24. The zero-order valence-electron chi connectivity index (χ0n) is 28.3. The Bertz CT molecular complexity index is 1980. The average Bonchev–Trinajstić information content (AvgIpc) is 3.52. The fourth-order valence-corrected chi connectivity index (χ4v) is 5.63. The summed E-state index contributed by atoms with van der Waals surface area (Å²) >= 11 is 6.34. The topological polar surface area (TPSA) is 136 Å². The minimum absolute atomic E-state index is 0.0391. The molecule has 0 spiro atoms. The Morgan fingerprint density at radius 1 is 1.02 bits per heavy atom. The van der Waals surface area contributed by atoms with Crippen molar-refractivity contribution in [1.29, 1.82) is 0 Å². The number of carbonyl (C=O) groups excluding carboxylic acids is 1. The van der Waals surface area contributed by atoms with Crippen molar-refractivity contribution in [1.82, 2.24) is 24.8 Å². The molecule has 6 rings (SSSR count). The first-order valence-electron chi connectivity index (χ1n) is 16.3. The summed E-state index contributed by atoms with van der Waals surface area (Å²) in [6.07, 6.45) is 4.00. The van der Waals surface area contributed by atoms with Crippen LogP contribution in [0.1, 0.15) is 33.0 Å². The number of rotatable bonds is 11. The smallest absolute Gasteiger partial charge is 0.324 e. The Hall–Kier alpha value is -4.98. The summed E-state index contributed by atoms with van der Waals surface area (Å²) < 4.78 is 38.5. The molecule has 0 bridgehead atoms. The molecule has 0 aliphatic carbocycles. The van der Waals surface area contributed by atoms with Crippen molar-refractivity contribution >= 4 is 40.0 Å². The number of morpholine rings is 1. The number of aromatic nitrogens is 4. The number of carbonyl (C=O) groups is 1. The second-order valence-corrected chi connectivity index (χ2v) is 13.1.